The second-order valence-corrected chi connectivity index (χ2v) is 7.61. The van der Waals surface area contributed by atoms with E-state index in [0.29, 0.717) is 11.8 Å². The van der Waals surface area contributed by atoms with Crippen LogP contribution in [0.25, 0.3) is 0 Å². The lowest BCUT2D eigenvalue weighted by atomic mass is 9.87. The molecule has 0 saturated carbocycles. The molecule has 5 nitrogen and oxygen atoms in total. The minimum absolute atomic E-state index is 0.00252. The quantitative estimate of drug-likeness (QED) is 0.817. The molecule has 2 bridgehead atoms. The first-order chi connectivity index (χ1) is 9.49. The van der Waals surface area contributed by atoms with Crippen LogP contribution < -0.4 is 5.32 Å². The van der Waals surface area contributed by atoms with E-state index < -0.39 is 12.0 Å². The summed E-state index contributed by atoms with van der Waals surface area (Å²) in [6.45, 7) is 4.11. The van der Waals surface area contributed by atoms with Crippen LogP contribution in [-0.4, -0.2) is 51.1 Å². The Balaban J connectivity index is 1.80. The highest BCUT2D eigenvalue weighted by Crippen LogP contribution is 2.40. The normalized spacial score (nSPS) is 39.8. The van der Waals surface area contributed by atoms with Gasteiger partial charge < -0.3 is 15.3 Å². The van der Waals surface area contributed by atoms with E-state index in [0.717, 1.165) is 19.3 Å². The van der Waals surface area contributed by atoms with E-state index in [1.54, 1.807) is 16.7 Å². The third-order valence-corrected chi connectivity index (χ3v) is 6.38. The number of hydrogen-bond donors (Lipinski definition) is 2. The maximum absolute atomic E-state index is 12.9. The van der Waals surface area contributed by atoms with Gasteiger partial charge in [-0.2, -0.15) is 0 Å². The lowest BCUT2D eigenvalue weighted by molar-refractivity contribution is -0.151. The van der Waals surface area contributed by atoms with Crippen molar-refractivity contribution in [2.45, 2.75) is 56.6 Å². The Morgan fingerprint density at radius 3 is 2.60 bits per heavy atom. The lowest BCUT2D eigenvalue weighted by Gasteiger charge is -2.33. The average molecular weight is 298 g/mol. The van der Waals surface area contributed by atoms with Gasteiger partial charge in [-0.05, 0) is 25.2 Å². The summed E-state index contributed by atoms with van der Waals surface area (Å²) in [7, 11) is 0. The molecule has 3 saturated heterocycles. The van der Waals surface area contributed by atoms with Gasteiger partial charge >= 0.3 is 5.97 Å². The predicted octanol–water partition coefficient (Wildman–Crippen LogP) is 1.14. The van der Waals surface area contributed by atoms with Gasteiger partial charge in [-0.25, -0.2) is 4.79 Å². The number of carboxylic acid groups (broad SMARTS) is 1. The number of hydrogen-bond acceptors (Lipinski definition) is 4. The summed E-state index contributed by atoms with van der Waals surface area (Å²) in [5.41, 5.74) is 0. The van der Waals surface area contributed by atoms with Gasteiger partial charge in [-0.15, -0.1) is 11.8 Å². The highest BCUT2D eigenvalue weighted by atomic mass is 32.2. The number of carbonyl (C=O) groups is 2. The van der Waals surface area contributed by atoms with Crippen molar-refractivity contribution in [3.63, 3.8) is 0 Å². The summed E-state index contributed by atoms with van der Waals surface area (Å²) in [6.07, 6.45) is 3.08. The standard InChI is InChI=1S/C14H22N2O3S/c1-7(2)13-16(11(6-20-13)14(18)19)12(17)9-5-8-3-4-10(9)15-8/h7-11,13,15H,3-6H2,1-2H3,(H,18,19). The molecule has 20 heavy (non-hydrogen) atoms. The zero-order valence-corrected chi connectivity index (χ0v) is 12.7. The molecule has 2 N–H and O–H groups in total. The van der Waals surface area contributed by atoms with Gasteiger partial charge in [0.2, 0.25) is 5.91 Å². The first-order valence-corrected chi connectivity index (χ1v) is 8.46. The lowest BCUT2D eigenvalue weighted by Crippen LogP contribution is -2.51. The molecule has 0 spiro atoms. The Morgan fingerprint density at radius 2 is 2.10 bits per heavy atom. The van der Waals surface area contributed by atoms with Gasteiger partial charge in [0.25, 0.3) is 0 Å². The molecule has 3 aliphatic heterocycles. The molecule has 3 rings (SSSR count). The number of nitrogens with zero attached hydrogens (tertiary/aromatic N) is 1. The van der Waals surface area contributed by atoms with Crippen LogP contribution in [0.1, 0.15) is 33.1 Å². The summed E-state index contributed by atoms with van der Waals surface area (Å²) >= 11 is 1.61. The molecular weight excluding hydrogens is 276 g/mol. The number of carbonyl (C=O) groups excluding carboxylic acids is 1. The zero-order valence-electron chi connectivity index (χ0n) is 11.9. The fraction of sp³-hybridized carbons (Fsp3) is 0.857. The number of nitrogens with one attached hydrogen (secondary N) is 1. The van der Waals surface area contributed by atoms with Crippen molar-refractivity contribution in [1.29, 1.82) is 0 Å². The van der Waals surface area contributed by atoms with Crippen molar-refractivity contribution in [2.24, 2.45) is 11.8 Å². The van der Waals surface area contributed by atoms with Crippen LogP contribution in [0.15, 0.2) is 0 Å². The molecule has 3 aliphatic rings. The largest absolute Gasteiger partial charge is 0.480 e. The number of rotatable bonds is 3. The maximum Gasteiger partial charge on any atom is 0.327 e. The topological polar surface area (TPSA) is 69.6 Å². The SMILES string of the molecule is CC(C)C1SCC(C(=O)O)N1C(=O)C1CC2CCC1N2. The highest BCUT2D eigenvalue weighted by Gasteiger charge is 2.50. The molecule has 1 amide bonds. The number of thioether (sulfide) groups is 1. The van der Waals surface area contributed by atoms with Crippen LogP contribution in [0.5, 0.6) is 0 Å². The second kappa shape index (κ2) is 5.22. The molecule has 0 radical (unpaired) electrons. The van der Waals surface area contributed by atoms with Gasteiger partial charge in [-0.1, -0.05) is 13.8 Å². The van der Waals surface area contributed by atoms with E-state index in [-0.39, 0.29) is 29.2 Å². The van der Waals surface area contributed by atoms with Crippen LogP contribution in [-0.2, 0) is 9.59 Å². The Morgan fingerprint density at radius 1 is 1.35 bits per heavy atom. The molecule has 5 atom stereocenters. The van der Waals surface area contributed by atoms with Gasteiger partial charge in [0.1, 0.15) is 6.04 Å². The molecule has 0 aromatic heterocycles. The summed E-state index contributed by atoms with van der Waals surface area (Å²) < 4.78 is 0. The Hall–Kier alpha value is -0.750. The van der Waals surface area contributed by atoms with E-state index in [1.165, 1.54) is 0 Å². The maximum atomic E-state index is 12.9. The van der Waals surface area contributed by atoms with E-state index in [9.17, 15) is 14.7 Å². The van der Waals surface area contributed by atoms with Crippen molar-refractivity contribution in [1.82, 2.24) is 10.2 Å². The van der Waals surface area contributed by atoms with E-state index in [2.05, 4.69) is 19.2 Å². The molecule has 6 heteroatoms. The Bertz CT molecular complexity index is 429. The first-order valence-electron chi connectivity index (χ1n) is 7.41. The second-order valence-electron chi connectivity index (χ2n) is 6.46. The van der Waals surface area contributed by atoms with Crippen molar-refractivity contribution in [3.05, 3.63) is 0 Å². The molecule has 3 heterocycles. The van der Waals surface area contributed by atoms with Crippen LogP contribution in [0.4, 0.5) is 0 Å². The van der Waals surface area contributed by atoms with Gasteiger partial charge in [0.05, 0.1) is 11.3 Å². The Kier molecular flexibility index (Phi) is 3.71. The summed E-state index contributed by atoms with van der Waals surface area (Å²) in [4.78, 5) is 26.0. The summed E-state index contributed by atoms with van der Waals surface area (Å²) in [5.74, 6) is -0.0423. The number of aliphatic carboxylic acids is 1. The molecular formula is C14H22N2O3S. The fourth-order valence-corrected chi connectivity index (χ4v) is 5.28. The van der Waals surface area contributed by atoms with Gasteiger partial charge in [0.15, 0.2) is 0 Å². The molecule has 3 fully saturated rings. The molecule has 0 aromatic rings. The zero-order chi connectivity index (χ0) is 14.4. The molecule has 0 aliphatic carbocycles. The minimum atomic E-state index is -0.870. The van der Waals surface area contributed by atoms with Crippen molar-refractivity contribution in [3.8, 4) is 0 Å². The molecule has 112 valence electrons. The van der Waals surface area contributed by atoms with E-state index in [1.807, 2.05) is 0 Å². The van der Waals surface area contributed by atoms with Crippen LogP contribution in [0.2, 0.25) is 0 Å². The highest BCUT2D eigenvalue weighted by molar-refractivity contribution is 8.00. The fourth-order valence-electron chi connectivity index (χ4n) is 3.80. The van der Waals surface area contributed by atoms with Crippen LogP contribution in [0.3, 0.4) is 0 Å². The van der Waals surface area contributed by atoms with Crippen molar-refractivity contribution < 1.29 is 14.7 Å². The minimum Gasteiger partial charge on any atom is -0.480 e. The predicted molar refractivity (Wildman–Crippen MR) is 77.4 cm³/mol. The smallest absolute Gasteiger partial charge is 0.327 e. The average Bonchev–Trinajstić information content (AvgIpc) is 3.11. The third-order valence-electron chi connectivity index (χ3n) is 4.76. The Labute approximate surface area is 123 Å². The third kappa shape index (κ3) is 2.22. The molecule has 5 unspecified atom stereocenters. The first kappa shape index (κ1) is 14.2. The van der Waals surface area contributed by atoms with Crippen molar-refractivity contribution in [2.75, 3.05) is 5.75 Å². The summed E-state index contributed by atoms with van der Waals surface area (Å²) in [5, 5.41) is 12.9. The van der Waals surface area contributed by atoms with Crippen LogP contribution in [0, 0.1) is 11.8 Å². The summed E-state index contributed by atoms with van der Waals surface area (Å²) in [6, 6.07) is 0.0735. The van der Waals surface area contributed by atoms with E-state index >= 15 is 0 Å². The van der Waals surface area contributed by atoms with Gasteiger partial charge in [-0.3, -0.25) is 4.79 Å². The number of carboxylic acids is 1. The number of amides is 1. The van der Waals surface area contributed by atoms with Crippen molar-refractivity contribution >= 4 is 23.6 Å². The van der Waals surface area contributed by atoms with E-state index in [4.69, 9.17) is 0 Å². The van der Waals surface area contributed by atoms with Crippen LogP contribution >= 0.6 is 11.8 Å². The monoisotopic (exact) mass is 298 g/mol. The number of fused-ring (bicyclic) bond motifs is 2. The molecule has 0 aromatic carbocycles. The van der Waals surface area contributed by atoms with Gasteiger partial charge in [0, 0.05) is 17.8 Å².